The lowest BCUT2D eigenvalue weighted by molar-refractivity contribution is 0.0510. The highest BCUT2D eigenvalue weighted by molar-refractivity contribution is 6.14. The predicted octanol–water partition coefficient (Wildman–Crippen LogP) is 3.62. The van der Waals surface area contributed by atoms with Crippen molar-refractivity contribution in [3.63, 3.8) is 0 Å². The molecule has 0 atom stereocenters. The SMILES string of the molecule is CCOC(=O)c1[nH]c2ccc3[nH]c(C(=O)OCC)c(C)c3c2c1C. The number of ether oxygens (including phenoxy) is 2. The number of hydrogen-bond donors (Lipinski definition) is 2. The van der Waals surface area contributed by atoms with Crippen molar-refractivity contribution in [2.75, 3.05) is 13.2 Å². The molecule has 0 unspecified atom stereocenters. The zero-order valence-electron chi connectivity index (χ0n) is 14.2. The van der Waals surface area contributed by atoms with E-state index in [4.69, 9.17) is 9.47 Å². The fraction of sp³-hybridized carbons (Fsp3) is 0.333. The van der Waals surface area contributed by atoms with E-state index in [1.807, 2.05) is 26.0 Å². The number of hydrogen-bond acceptors (Lipinski definition) is 4. The van der Waals surface area contributed by atoms with Gasteiger partial charge in [-0.15, -0.1) is 0 Å². The van der Waals surface area contributed by atoms with Crippen molar-refractivity contribution < 1.29 is 19.1 Å². The van der Waals surface area contributed by atoms with Crippen molar-refractivity contribution in [2.24, 2.45) is 0 Å². The van der Waals surface area contributed by atoms with E-state index in [0.29, 0.717) is 24.6 Å². The summed E-state index contributed by atoms with van der Waals surface area (Å²) < 4.78 is 10.2. The van der Waals surface area contributed by atoms with Crippen LogP contribution in [-0.2, 0) is 9.47 Å². The van der Waals surface area contributed by atoms with Crippen LogP contribution >= 0.6 is 0 Å². The van der Waals surface area contributed by atoms with E-state index in [2.05, 4.69) is 9.97 Å². The molecule has 2 aromatic heterocycles. The van der Waals surface area contributed by atoms with E-state index in [9.17, 15) is 9.59 Å². The molecule has 0 saturated heterocycles. The van der Waals surface area contributed by atoms with Crippen molar-refractivity contribution in [3.8, 4) is 0 Å². The Kier molecular flexibility index (Phi) is 4.05. The summed E-state index contributed by atoms with van der Waals surface area (Å²) in [5, 5.41) is 1.83. The third kappa shape index (κ3) is 2.35. The van der Waals surface area contributed by atoms with Gasteiger partial charge >= 0.3 is 11.9 Å². The number of carbonyl (C=O) groups is 2. The molecule has 0 saturated carbocycles. The zero-order valence-corrected chi connectivity index (χ0v) is 14.2. The Hall–Kier alpha value is -2.76. The minimum Gasteiger partial charge on any atom is -0.461 e. The standard InChI is InChI=1S/C18H20N2O4/c1-5-23-17(21)15-9(3)13-11(19-15)7-8-12-14(13)10(4)16(20-12)18(22)24-6-2/h7-8,19-20H,5-6H2,1-4H3. The molecule has 1 aromatic carbocycles. The summed E-state index contributed by atoms with van der Waals surface area (Å²) in [5.74, 6) is -0.753. The maximum atomic E-state index is 12.1. The van der Waals surface area contributed by atoms with Gasteiger partial charge in [-0.3, -0.25) is 0 Å². The van der Waals surface area contributed by atoms with Gasteiger partial charge in [0, 0.05) is 21.8 Å². The Labute approximate surface area is 139 Å². The lowest BCUT2D eigenvalue weighted by atomic mass is 10.0. The predicted molar refractivity (Wildman–Crippen MR) is 91.5 cm³/mol. The normalized spacial score (nSPS) is 11.2. The Morgan fingerprint density at radius 2 is 1.21 bits per heavy atom. The van der Waals surface area contributed by atoms with Crippen LogP contribution in [0, 0.1) is 13.8 Å². The topological polar surface area (TPSA) is 84.2 Å². The average Bonchev–Trinajstić information content (AvgIpc) is 3.06. The van der Waals surface area contributed by atoms with Crippen molar-refractivity contribution in [3.05, 3.63) is 34.6 Å². The van der Waals surface area contributed by atoms with Crippen LogP contribution in [0.1, 0.15) is 46.0 Å². The lowest BCUT2D eigenvalue weighted by Gasteiger charge is -2.01. The first kappa shape index (κ1) is 16.1. The summed E-state index contributed by atoms with van der Waals surface area (Å²) in [6, 6.07) is 3.77. The molecule has 2 N–H and O–H groups in total. The van der Waals surface area contributed by atoms with E-state index < -0.39 is 0 Å². The summed E-state index contributed by atoms with van der Waals surface area (Å²) >= 11 is 0. The molecule has 0 bridgehead atoms. The van der Waals surface area contributed by atoms with Gasteiger partial charge in [0.2, 0.25) is 0 Å². The van der Waals surface area contributed by atoms with E-state index in [0.717, 1.165) is 32.9 Å². The van der Waals surface area contributed by atoms with Gasteiger partial charge in [0.05, 0.1) is 13.2 Å². The Morgan fingerprint density at radius 1 is 0.833 bits per heavy atom. The number of nitrogens with one attached hydrogen (secondary N) is 2. The van der Waals surface area contributed by atoms with Crippen molar-refractivity contribution in [1.82, 2.24) is 9.97 Å². The minimum atomic E-state index is -0.377. The van der Waals surface area contributed by atoms with Gasteiger partial charge in [0.15, 0.2) is 0 Å². The van der Waals surface area contributed by atoms with Crippen molar-refractivity contribution in [2.45, 2.75) is 27.7 Å². The van der Waals surface area contributed by atoms with E-state index in [-0.39, 0.29) is 11.9 Å². The minimum absolute atomic E-state index is 0.319. The molecule has 0 aliphatic heterocycles. The van der Waals surface area contributed by atoms with Gasteiger partial charge in [-0.25, -0.2) is 9.59 Å². The molecule has 0 aliphatic rings. The second-order valence-electron chi connectivity index (χ2n) is 5.60. The van der Waals surface area contributed by atoms with Crippen LogP contribution in [0.5, 0.6) is 0 Å². The highest BCUT2D eigenvalue weighted by Gasteiger charge is 2.22. The number of fused-ring (bicyclic) bond motifs is 3. The zero-order chi connectivity index (χ0) is 17.4. The van der Waals surface area contributed by atoms with Crippen LogP contribution in [0.2, 0.25) is 0 Å². The van der Waals surface area contributed by atoms with Crippen LogP contribution in [-0.4, -0.2) is 35.1 Å². The third-order valence-electron chi connectivity index (χ3n) is 4.18. The average molecular weight is 328 g/mol. The maximum Gasteiger partial charge on any atom is 0.355 e. The number of H-pyrrole nitrogens is 2. The smallest absolute Gasteiger partial charge is 0.355 e. The first-order chi connectivity index (χ1) is 11.5. The molecular formula is C18H20N2O4. The molecule has 0 aliphatic carbocycles. The van der Waals surface area contributed by atoms with Gasteiger partial charge in [0.25, 0.3) is 0 Å². The molecule has 126 valence electrons. The van der Waals surface area contributed by atoms with E-state index in [1.165, 1.54) is 0 Å². The monoisotopic (exact) mass is 328 g/mol. The van der Waals surface area contributed by atoms with Crippen LogP contribution in [0.3, 0.4) is 0 Å². The number of aromatic nitrogens is 2. The Morgan fingerprint density at radius 3 is 1.54 bits per heavy atom. The molecule has 3 rings (SSSR count). The lowest BCUT2D eigenvalue weighted by Crippen LogP contribution is -2.06. The van der Waals surface area contributed by atoms with Crippen molar-refractivity contribution in [1.29, 1.82) is 0 Å². The van der Waals surface area contributed by atoms with Crippen LogP contribution in [0.15, 0.2) is 12.1 Å². The van der Waals surface area contributed by atoms with Gasteiger partial charge in [-0.1, -0.05) is 0 Å². The third-order valence-corrected chi connectivity index (χ3v) is 4.18. The maximum absolute atomic E-state index is 12.1. The molecular weight excluding hydrogens is 308 g/mol. The van der Waals surface area contributed by atoms with Gasteiger partial charge in [-0.2, -0.15) is 0 Å². The van der Waals surface area contributed by atoms with Crippen LogP contribution in [0.4, 0.5) is 0 Å². The number of benzene rings is 1. The van der Waals surface area contributed by atoms with Crippen molar-refractivity contribution >= 4 is 33.7 Å². The summed E-state index contributed by atoms with van der Waals surface area (Å²) in [5.41, 5.74) is 4.18. The quantitative estimate of drug-likeness (QED) is 0.716. The first-order valence-corrected chi connectivity index (χ1v) is 7.97. The summed E-state index contributed by atoms with van der Waals surface area (Å²) in [6.07, 6.45) is 0. The summed E-state index contributed by atoms with van der Waals surface area (Å²) in [6.45, 7) is 7.94. The molecule has 3 aromatic rings. The number of carbonyl (C=O) groups excluding carboxylic acids is 2. The summed E-state index contributed by atoms with van der Waals surface area (Å²) in [7, 11) is 0. The molecule has 24 heavy (non-hydrogen) atoms. The molecule has 2 heterocycles. The van der Waals surface area contributed by atoms with E-state index >= 15 is 0 Å². The number of rotatable bonds is 4. The van der Waals surface area contributed by atoms with Crippen LogP contribution < -0.4 is 0 Å². The summed E-state index contributed by atoms with van der Waals surface area (Å²) in [4.78, 5) is 30.5. The van der Waals surface area contributed by atoms with Crippen LogP contribution in [0.25, 0.3) is 21.8 Å². The Bertz CT molecular complexity index is 872. The molecule has 0 spiro atoms. The molecule has 0 radical (unpaired) electrons. The second kappa shape index (κ2) is 6.03. The molecule has 6 nitrogen and oxygen atoms in total. The van der Waals surface area contributed by atoms with E-state index in [1.54, 1.807) is 13.8 Å². The molecule has 0 amide bonds. The first-order valence-electron chi connectivity index (χ1n) is 7.97. The molecule has 0 fully saturated rings. The Balaban J connectivity index is 2.26. The fourth-order valence-electron chi connectivity index (χ4n) is 3.11. The van der Waals surface area contributed by atoms with Gasteiger partial charge < -0.3 is 19.4 Å². The number of esters is 2. The van der Waals surface area contributed by atoms with Gasteiger partial charge in [-0.05, 0) is 51.0 Å². The second-order valence-corrected chi connectivity index (χ2v) is 5.60. The largest absolute Gasteiger partial charge is 0.461 e. The molecule has 6 heteroatoms. The highest BCUT2D eigenvalue weighted by atomic mass is 16.5. The highest BCUT2D eigenvalue weighted by Crippen LogP contribution is 2.34. The number of aryl methyl sites for hydroxylation is 2. The number of aromatic amines is 2. The fourth-order valence-corrected chi connectivity index (χ4v) is 3.11. The van der Waals surface area contributed by atoms with Gasteiger partial charge in [0.1, 0.15) is 11.4 Å².